The third-order valence-corrected chi connectivity index (χ3v) is 4.79. The van der Waals surface area contributed by atoms with E-state index >= 15 is 0 Å². The van der Waals surface area contributed by atoms with Gasteiger partial charge in [-0.25, -0.2) is 0 Å². The largest absolute Gasteiger partial charge is 0.325 e. The molecule has 0 saturated carbocycles. The van der Waals surface area contributed by atoms with Crippen molar-refractivity contribution in [3.05, 3.63) is 59.1 Å². The zero-order valence-corrected chi connectivity index (χ0v) is 14.0. The normalized spacial score (nSPS) is 10.4. The van der Waals surface area contributed by atoms with E-state index in [0.717, 1.165) is 11.4 Å². The molecule has 2 nitrogen and oxygen atoms in total. The smallest absolute Gasteiger partial charge is 0.234 e. The zero-order chi connectivity index (χ0) is 15.1. The summed E-state index contributed by atoms with van der Waals surface area (Å²) in [5.74, 6) is 1.28. The lowest BCUT2D eigenvalue weighted by Gasteiger charge is -2.06. The Hall–Kier alpha value is -1.10. The van der Waals surface area contributed by atoms with Gasteiger partial charge in [0.25, 0.3) is 0 Å². The molecule has 0 aliphatic rings. The molecule has 2 aromatic rings. The minimum absolute atomic E-state index is 0.00283. The van der Waals surface area contributed by atoms with Gasteiger partial charge in [0, 0.05) is 21.4 Å². The molecule has 5 heteroatoms. The maximum absolute atomic E-state index is 11.8. The predicted octanol–water partition coefficient (Wildman–Crippen LogP) is 4.93. The summed E-state index contributed by atoms with van der Waals surface area (Å²) in [6, 6.07) is 15.5. The maximum Gasteiger partial charge on any atom is 0.234 e. The molecule has 0 saturated heterocycles. The van der Waals surface area contributed by atoms with E-state index in [4.69, 9.17) is 11.6 Å². The van der Waals surface area contributed by atoms with Crippen LogP contribution in [0, 0.1) is 0 Å². The topological polar surface area (TPSA) is 29.1 Å². The van der Waals surface area contributed by atoms with E-state index in [1.54, 1.807) is 47.8 Å². The van der Waals surface area contributed by atoms with E-state index in [0.29, 0.717) is 10.8 Å². The van der Waals surface area contributed by atoms with Crippen molar-refractivity contribution in [2.75, 3.05) is 17.3 Å². The van der Waals surface area contributed by atoms with Gasteiger partial charge in [0.1, 0.15) is 0 Å². The van der Waals surface area contributed by atoms with E-state index in [9.17, 15) is 4.79 Å². The zero-order valence-electron chi connectivity index (χ0n) is 11.6. The second-order valence-corrected chi connectivity index (χ2v) is 6.70. The van der Waals surface area contributed by atoms with E-state index in [1.807, 2.05) is 0 Å². The van der Waals surface area contributed by atoms with E-state index in [-0.39, 0.29) is 5.91 Å². The molecule has 0 aromatic heterocycles. The molecule has 2 rings (SSSR count). The number of thioether (sulfide) groups is 2. The van der Waals surface area contributed by atoms with Gasteiger partial charge in [0.05, 0.1) is 5.75 Å². The fourth-order valence-electron chi connectivity index (χ4n) is 1.71. The highest BCUT2D eigenvalue weighted by atomic mass is 35.5. The van der Waals surface area contributed by atoms with Gasteiger partial charge in [-0.2, -0.15) is 0 Å². The summed E-state index contributed by atoms with van der Waals surface area (Å²) < 4.78 is 0. The lowest BCUT2D eigenvalue weighted by molar-refractivity contribution is -0.113. The summed E-state index contributed by atoms with van der Waals surface area (Å²) in [6.45, 7) is 0. The predicted molar refractivity (Wildman–Crippen MR) is 94.5 cm³/mol. The SMILES string of the molecule is CSc1ccc(CSCC(=O)Nc2ccc(Cl)cc2)cc1. The van der Waals surface area contributed by atoms with Crippen molar-refractivity contribution in [3.8, 4) is 0 Å². The summed E-state index contributed by atoms with van der Waals surface area (Å²) in [7, 11) is 0. The third kappa shape index (κ3) is 5.65. The molecule has 0 heterocycles. The number of nitrogens with one attached hydrogen (secondary N) is 1. The monoisotopic (exact) mass is 337 g/mol. The van der Waals surface area contributed by atoms with Gasteiger partial charge in [0.15, 0.2) is 0 Å². The molecule has 1 N–H and O–H groups in total. The van der Waals surface area contributed by atoms with Crippen LogP contribution in [0.3, 0.4) is 0 Å². The molecule has 0 bridgehead atoms. The minimum atomic E-state index is 0.00283. The number of hydrogen-bond acceptors (Lipinski definition) is 3. The van der Waals surface area contributed by atoms with Crippen LogP contribution in [0.4, 0.5) is 5.69 Å². The quantitative estimate of drug-likeness (QED) is 0.757. The first-order chi connectivity index (χ1) is 10.2. The van der Waals surface area contributed by atoms with E-state index < -0.39 is 0 Å². The second kappa shape index (κ2) is 8.37. The van der Waals surface area contributed by atoms with Gasteiger partial charge < -0.3 is 5.32 Å². The molecule has 0 aliphatic heterocycles. The lowest BCUT2D eigenvalue weighted by atomic mass is 10.2. The van der Waals surface area contributed by atoms with Crippen LogP contribution in [0.25, 0.3) is 0 Å². The Morgan fingerprint density at radius 1 is 1.10 bits per heavy atom. The number of anilines is 1. The van der Waals surface area contributed by atoms with Crippen molar-refractivity contribution in [1.29, 1.82) is 0 Å². The first-order valence-electron chi connectivity index (χ1n) is 6.43. The molecule has 0 spiro atoms. The molecule has 0 atom stereocenters. The number of carbonyl (C=O) groups excluding carboxylic acids is 1. The second-order valence-electron chi connectivity index (χ2n) is 4.40. The van der Waals surface area contributed by atoms with Crippen molar-refractivity contribution in [1.82, 2.24) is 0 Å². The van der Waals surface area contributed by atoms with Crippen molar-refractivity contribution in [3.63, 3.8) is 0 Å². The number of hydrogen-bond donors (Lipinski definition) is 1. The van der Waals surface area contributed by atoms with Gasteiger partial charge in [0.2, 0.25) is 5.91 Å². The van der Waals surface area contributed by atoms with Crippen molar-refractivity contribution >= 4 is 46.7 Å². The average molecular weight is 338 g/mol. The fourth-order valence-corrected chi connectivity index (χ4v) is 3.04. The Morgan fingerprint density at radius 2 is 1.76 bits per heavy atom. The van der Waals surface area contributed by atoms with Crippen molar-refractivity contribution in [2.24, 2.45) is 0 Å². The molecular formula is C16H16ClNOS2. The number of amides is 1. The maximum atomic E-state index is 11.8. The van der Waals surface area contributed by atoms with E-state index in [2.05, 4.69) is 35.8 Å². The van der Waals surface area contributed by atoms with Crippen LogP contribution in [0.15, 0.2) is 53.4 Å². The van der Waals surface area contributed by atoms with Crippen LogP contribution >= 0.6 is 35.1 Å². The summed E-state index contributed by atoms with van der Waals surface area (Å²) in [4.78, 5) is 13.1. The van der Waals surface area contributed by atoms with Crippen molar-refractivity contribution in [2.45, 2.75) is 10.6 Å². The minimum Gasteiger partial charge on any atom is -0.325 e. The van der Waals surface area contributed by atoms with Gasteiger partial charge in [-0.15, -0.1) is 23.5 Å². The molecule has 0 radical (unpaired) electrons. The molecule has 21 heavy (non-hydrogen) atoms. The van der Waals surface area contributed by atoms with Gasteiger partial charge in [-0.3, -0.25) is 4.79 Å². The van der Waals surface area contributed by atoms with Gasteiger partial charge >= 0.3 is 0 Å². The highest BCUT2D eigenvalue weighted by Crippen LogP contribution is 2.18. The fraction of sp³-hybridized carbons (Fsp3) is 0.188. The molecule has 2 aromatic carbocycles. The lowest BCUT2D eigenvalue weighted by Crippen LogP contribution is -2.14. The number of benzene rings is 2. The number of rotatable bonds is 6. The summed E-state index contributed by atoms with van der Waals surface area (Å²) in [6.07, 6.45) is 2.06. The number of carbonyl (C=O) groups is 1. The van der Waals surface area contributed by atoms with E-state index in [1.165, 1.54) is 10.5 Å². The summed E-state index contributed by atoms with van der Waals surface area (Å²) in [5, 5.41) is 3.51. The van der Waals surface area contributed by atoms with Crippen LogP contribution in [-0.4, -0.2) is 17.9 Å². The Labute approximate surface area is 138 Å². The number of halogens is 1. The van der Waals surface area contributed by atoms with Crippen LogP contribution in [0.1, 0.15) is 5.56 Å². The highest BCUT2D eigenvalue weighted by Gasteiger charge is 2.03. The summed E-state index contributed by atoms with van der Waals surface area (Å²) in [5.41, 5.74) is 2.01. The highest BCUT2D eigenvalue weighted by molar-refractivity contribution is 7.99. The first-order valence-corrected chi connectivity index (χ1v) is 9.19. The van der Waals surface area contributed by atoms with Crippen LogP contribution in [0.5, 0.6) is 0 Å². The Bertz CT molecular complexity index is 584. The Balaban J connectivity index is 1.74. The first kappa shape index (κ1) is 16.3. The third-order valence-electron chi connectivity index (χ3n) is 2.79. The average Bonchev–Trinajstić information content (AvgIpc) is 2.50. The molecular weight excluding hydrogens is 322 g/mol. The molecule has 0 aliphatic carbocycles. The standard InChI is InChI=1S/C16H16ClNOS2/c1-20-15-8-2-12(3-9-15)10-21-11-16(19)18-14-6-4-13(17)5-7-14/h2-9H,10-11H2,1H3,(H,18,19). The Kier molecular flexibility index (Phi) is 6.49. The van der Waals surface area contributed by atoms with Crippen LogP contribution in [-0.2, 0) is 10.5 Å². The van der Waals surface area contributed by atoms with Crippen molar-refractivity contribution < 1.29 is 4.79 Å². The van der Waals surface area contributed by atoms with Crippen LogP contribution in [0.2, 0.25) is 5.02 Å². The molecule has 0 unspecified atom stereocenters. The summed E-state index contributed by atoms with van der Waals surface area (Å²) >= 11 is 9.14. The van der Waals surface area contributed by atoms with Gasteiger partial charge in [-0.1, -0.05) is 23.7 Å². The van der Waals surface area contributed by atoms with Crippen LogP contribution < -0.4 is 5.32 Å². The Morgan fingerprint density at radius 3 is 2.38 bits per heavy atom. The van der Waals surface area contributed by atoms with Gasteiger partial charge in [-0.05, 0) is 48.2 Å². The molecule has 110 valence electrons. The molecule has 0 fully saturated rings. The molecule has 1 amide bonds.